The number of hydrogen-bond donors (Lipinski definition) is 1. The minimum atomic E-state index is -4.60. The van der Waals surface area contributed by atoms with Gasteiger partial charge in [0.05, 0.1) is 13.2 Å². The third kappa shape index (κ3) is 23.9. The van der Waals surface area contributed by atoms with E-state index in [0.29, 0.717) is 6.42 Å². The van der Waals surface area contributed by atoms with E-state index in [2.05, 4.69) is 4.52 Å². The van der Waals surface area contributed by atoms with Crippen LogP contribution in [0.4, 0.5) is 0 Å². The zero-order valence-electron chi connectivity index (χ0n) is 28.2. The number of phosphoric ester groups is 1. The first-order valence-electron chi connectivity index (χ1n) is 18.5. The first-order chi connectivity index (χ1) is 21.9. The monoisotopic (exact) mass is 658 g/mol. The molecule has 10 heteroatoms. The van der Waals surface area contributed by atoms with Crippen LogP contribution >= 0.6 is 7.82 Å². The second kappa shape index (κ2) is 26.0. The van der Waals surface area contributed by atoms with Crippen LogP contribution in [0.1, 0.15) is 167 Å². The Morgan fingerprint density at radius 1 is 0.644 bits per heavy atom. The number of nitrogens with two attached hydrogens (primary N) is 1. The maximum Gasteiger partial charge on any atom is 0.306 e. The molecule has 9 nitrogen and oxygen atoms in total. The molecule has 0 bridgehead atoms. The Hall–Kier alpha value is -0.990. The van der Waals surface area contributed by atoms with Gasteiger partial charge in [0.25, 0.3) is 7.82 Å². The summed E-state index contributed by atoms with van der Waals surface area (Å²) in [5.74, 6) is 1.20. The molecule has 0 amide bonds. The van der Waals surface area contributed by atoms with Crippen molar-refractivity contribution in [1.82, 2.24) is 0 Å². The van der Waals surface area contributed by atoms with Crippen molar-refractivity contribution in [3.05, 3.63) is 0 Å². The summed E-state index contributed by atoms with van der Waals surface area (Å²) in [6, 6.07) is 0. The standard InChI is InChI=1S/C35H66NO8P/c36-27-28-42-45(39,40)43-30-33(44-35(38)24-17-13-9-3-1-2-6-11-15-20-32-25-26-32)29-41-34(37)23-16-12-8-5-4-7-10-14-19-31-21-18-22-31/h31-33H,1-30,36H2,(H,39,40)/p-1/t33-/m0/s1. The summed E-state index contributed by atoms with van der Waals surface area (Å²) >= 11 is 0. The number of carbonyl (C=O) groups is 2. The third-order valence-electron chi connectivity index (χ3n) is 9.17. The number of phosphoric acid groups is 1. The molecule has 45 heavy (non-hydrogen) atoms. The van der Waals surface area contributed by atoms with Crippen molar-refractivity contribution in [2.75, 3.05) is 26.4 Å². The largest absolute Gasteiger partial charge is 0.756 e. The average molecular weight is 659 g/mol. The molecular weight excluding hydrogens is 593 g/mol. The van der Waals surface area contributed by atoms with Crippen LogP contribution in [-0.2, 0) is 32.7 Å². The van der Waals surface area contributed by atoms with Crippen molar-refractivity contribution >= 4 is 19.8 Å². The molecular formula is C35H65NO8P-. The quantitative estimate of drug-likeness (QED) is 0.0430. The predicted molar refractivity (Wildman–Crippen MR) is 176 cm³/mol. The molecule has 0 radical (unpaired) electrons. The number of rotatable bonds is 32. The summed E-state index contributed by atoms with van der Waals surface area (Å²) in [5, 5.41) is 0. The average Bonchev–Trinajstić information content (AvgIpc) is 3.82. The van der Waals surface area contributed by atoms with Gasteiger partial charge in [0.2, 0.25) is 0 Å². The number of carbonyl (C=O) groups excluding carboxylic acids is 2. The van der Waals surface area contributed by atoms with Gasteiger partial charge in [0.15, 0.2) is 6.10 Å². The van der Waals surface area contributed by atoms with Gasteiger partial charge in [-0.15, -0.1) is 0 Å². The molecule has 2 aliphatic carbocycles. The highest BCUT2D eigenvalue weighted by Gasteiger charge is 2.21. The van der Waals surface area contributed by atoms with Crippen LogP contribution in [0.15, 0.2) is 0 Å². The molecule has 1 unspecified atom stereocenters. The van der Waals surface area contributed by atoms with Gasteiger partial charge in [-0.1, -0.05) is 141 Å². The van der Waals surface area contributed by atoms with Crippen LogP contribution in [0.5, 0.6) is 0 Å². The molecule has 0 aliphatic heterocycles. The summed E-state index contributed by atoms with van der Waals surface area (Å²) in [5.41, 5.74) is 5.30. The SMILES string of the molecule is NCCOP(=O)([O-])OC[C@H](COC(=O)CCCCCCCCCCC1CCC1)OC(=O)CCCCCCCCCCCC1CC1. The Kier molecular flexibility index (Phi) is 23.2. The van der Waals surface area contributed by atoms with Crippen molar-refractivity contribution in [1.29, 1.82) is 0 Å². The highest BCUT2D eigenvalue weighted by atomic mass is 31.2. The molecule has 0 spiro atoms. The summed E-state index contributed by atoms with van der Waals surface area (Å²) < 4.78 is 32.2. The lowest BCUT2D eigenvalue weighted by molar-refractivity contribution is -0.228. The van der Waals surface area contributed by atoms with Crippen molar-refractivity contribution < 1.29 is 37.6 Å². The second-order valence-electron chi connectivity index (χ2n) is 13.5. The van der Waals surface area contributed by atoms with Crippen LogP contribution < -0.4 is 10.6 Å². The topological polar surface area (TPSA) is 137 Å². The van der Waals surface area contributed by atoms with E-state index in [9.17, 15) is 19.0 Å². The predicted octanol–water partition coefficient (Wildman–Crippen LogP) is 8.30. The fourth-order valence-electron chi connectivity index (χ4n) is 5.89. The molecule has 2 N–H and O–H groups in total. The molecule has 2 fully saturated rings. The Bertz CT molecular complexity index is 805. The zero-order valence-corrected chi connectivity index (χ0v) is 29.1. The van der Waals surface area contributed by atoms with Gasteiger partial charge in [0.1, 0.15) is 6.61 Å². The fourth-order valence-corrected chi connectivity index (χ4v) is 6.64. The molecule has 0 aromatic heterocycles. The molecule has 0 aromatic carbocycles. The van der Waals surface area contributed by atoms with Gasteiger partial charge in [-0.25, -0.2) is 0 Å². The molecule has 2 saturated carbocycles. The van der Waals surface area contributed by atoms with E-state index in [1.165, 1.54) is 116 Å². The van der Waals surface area contributed by atoms with Gasteiger partial charge in [-0.05, 0) is 24.7 Å². The maximum atomic E-state index is 12.5. The molecule has 2 rings (SSSR count). The highest BCUT2D eigenvalue weighted by molar-refractivity contribution is 7.45. The summed E-state index contributed by atoms with van der Waals surface area (Å²) in [6.07, 6.45) is 29.2. The van der Waals surface area contributed by atoms with Crippen LogP contribution in [0.2, 0.25) is 0 Å². The molecule has 0 aromatic rings. The van der Waals surface area contributed by atoms with E-state index in [1.54, 1.807) is 0 Å². The van der Waals surface area contributed by atoms with Crippen molar-refractivity contribution in [2.45, 2.75) is 173 Å². The fraction of sp³-hybridized carbons (Fsp3) is 0.943. The first-order valence-corrected chi connectivity index (χ1v) is 20.0. The van der Waals surface area contributed by atoms with Gasteiger partial charge in [0, 0.05) is 19.4 Å². The summed E-state index contributed by atoms with van der Waals surface area (Å²) in [4.78, 5) is 36.7. The smallest absolute Gasteiger partial charge is 0.306 e. The molecule has 0 heterocycles. The molecule has 264 valence electrons. The summed E-state index contributed by atoms with van der Waals surface area (Å²) in [7, 11) is -4.60. The molecule has 2 aliphatic rings. The lowest BCUT2D eigenvalue weighted by Crippen LogP contribution is -2.30. The Morgan fingerprint density at radius 3 is 1.58 bits per heavy atom. The van der Waals surface area contributed by atoms with Crippen molar-refractivity contribution in [3.63, 3.8) is 0 Å². The zero-order chi connectivity index (χ0) is 32.4. The van der Waals surface area contributed by atoms with Gasteiger partial charge in [-0.2, -0.15) is 0 Å². The number of esters is 2. The lowest BCUT2D eigenvalue weighted by atomic mass is 9.81. The van der Waals surface area contributed by atoms with E-state index >= 15 is 0 Å². The van der Waals surface area contributed by atoms with Crippen LogP contribution in [-0.4, -0.2) is 44.4 Å². The molecule has 2 atom stereocenters. The van der Waals surface area contributed by atoms with Crippen LogP contribution in [0.3, 0.4) is 0 Å². The van der Waals surface area contributed by atoms with Crippen molar-refractivity contribution in [2.24, 2.45) is 17.6 Å². The van der Waals surface area contributed by atoms with Gasteiger partial charge < -0.3 is 29.1 Å². The van der Waals surface area contributed by atoms with Gasteiger partial charge in [-0.3, -0.25) is 14.2 Å². The van der Waals surface area contributed by atoms with E-state index in [1.807, 2.05) is 0 Å². The van der Waals surface area contributed by atoms with E-state index in [0.717, 1.165) is 43.9 Å². The van der Waals surface area contributed by atoms with Gasteiger partial charge >= 0.3 is 11.9 Å². The summed E-state index contributed by atoms with van der Waals surface area (Å²) in [6.45, 7) is -0.928. The third-order valence-corrected chi connectivity index (χ3v) is 10.1. The van der Waals surface area contributed by atoms with E-state index in [-0.39, 0.29) is 38.6 Å². The number of hydrogen-bond acceptors (Lipinski definition) is 9. The van der Waals surface area contributed by atoms with E-state index < -0.39 is 26.5 Å². The highest BCUT2D eigenvalue weighted by Crippen LogP contribution is 2.38. The lowest BCUT2D eigenvalue weighted by Gasteiger charge is -2.25. The minimum Gasteiger partial charge on any atom is -0.756 e. The number of ether oxygens (including phenoxy) is 2. The van der Waals surface area contributed by atoms with Crippen LogP contribution in [0, 0.1) is 11.8 Å². The first kappa shape index (κ1) is 40.2. The number of unbranched alkanes of at least 4 members (excludes halogenated alkanes) is 15. The van der Waals surface area contributed by atoms with Crippen molar-refractivity contribution in [3.8, 4) is 0 Å². The Morgan fingerprint density at radius 2 is 1.11 bits per heavy atom. The maximum absolute atomic E-state index is 12.5. The van der Waals surface area contributed by atoms with Crippen LogP contribution in [0.25, 0.3) is 0 Å². The minimum absolute atomic E-state index is 0.0202. The normalized spacial score (nSPS) is 17.0. The Labute approximate surface area is 274 Å². The molecule has 0 saturated heterocycles. The van der Waals surface area contributed by atoms with E-state index in [4.69, 9.17) is 19.7 Å². The Balaban J connectivity index is 1.52. The second-order valence-corrected chi connectivity index (χ2v) is 14.9.